The van der Waals surface area contributed by atoms with E-state index in [9.17, 15) is 14.3 Å². The summed E-state index contributed by atoms with van der Waals surface area (Å²) in [5.41, 5.74) is 1.99. The van der Waals surface area contributed by atoms with Crippen LogP contribution < -0.4 is 15.4 Å². The molecular formula is C26H29ClFN5O4. The van der Waals surface area contributed by atoms with E-state index < -0.39 is 17.8 Å². The molecule has 1 aromatic carbocycles. The summed E-state index contributed by atoms with van der Waals surface area (Å²) in [6, 6.07) is 5.34. The third-order valence-corrected chi connectivity index (χ3v) is 7.19. The van der Waals surface area contributed by atoms with Gasteiger partial charge in [-0.05, 0) is 48.9 Å². The standard InChI is InChI=1S/C26H29ClFN5O4/c27-23-20-7-9-33(12-16(20)4-5-22(23)36-14-19-11-29-15-37-19)13-18(34)10-31-26(35)21-6-8-30-25(24(21)28)32-17-2-1-3-17/h4-6,8,11,15,17-18,34H,1-3,7,9-10,12-14H2,(H,30,32)(H,31,35). The van der Waals surface area contributed by atoms with Crippen molar-refractivity contribution in [2.24, 2.45) is 0 Å². The van der Waals surface area contributed by atoms with E-state index in [4.69, 9.17) is 20.8 Å². The van der Waals surface area contributed by atoms with Crippen molar-refractivity contribution in [1.82, 2.24) is 20.2 Å². The molecule has 1 aliphatic carbocycles. The molecule has 1 atom stereocenters. The number of fused-ring (bicyclic) bond motifs is 1. The molecule has 5 rings (SSSR count). The van der Waals surface area contributed by atoms with E-state index in [0.29, 0.717) is 42.6 Å². The highest BCUT2D eigenvalue weighted by Crippen LogP contribution is 2.34. The molecule has 1 fully saturated rings. The molecule has 1 amide bonds. The van der Waals surface area contributed by atoms with Crippen LogP contribution in [-0.4, -0.2) is 57.7 Å². The van der Waals surface area contributed by atoms with Crippen LogP contribution in [0.15, 0.2) is 41.4 Å². The monoisotopic (exact) mass is 529 g/mol. The minimum absolute atomic E-state index is 0.00447. The normalized spacial score (nSPS) is 16.5. The van der Waals surface area contributed by atoms with Crippen molar-refractivity contribution in [3.05, 3.63) is 70.3 Å². The predicted octanol–water partition coefficient (Wildman–Crippen LogP) is 3.55. The second-order valence-electron chi connectivity index (χ2n) is 9.41. The van der Waals surface area contributed by atoms with Crippen LogP contribution in [0.2, 0.25) is 5.02 Å². The summed E-state index contributed by atoms with van der Waals surface area (Å²) >= 11 is 6.60. The van der Waals surface area contributed by atoms with Crippen molar-refractivity contribution in [1.29, 1.82) is 0 Å². The van der Waals surface area contributed by atoms with Crippen molar-refractivity contribution < 1.29 is 23.4 Å². The molecular weight excluding hydrogens is 501 g/mol. The first-order valence-corrected chi connectivity index (χ1v) is 12.8. The minimum Gasteiger partial charge on any atom is -0.484 e. The number of nitrogens with zero attached hydrogens (tertiary/aromatic N) is 3. The fourth-order valence-corrected chi connectivity index (χ4v) is 4.85. The molecule has 9 nitrogen and oxygen atoms in total. The number of rotatable bonds is 10. The lowest BCUT2D eigenvalue weighted by molar-refractivity contribution is 0.0838. The van der Waals surface area contributed by atoms with Crippen molar-refractivity contribution >= 4 is 23.3 Å². The maximum atomic E-state index is 14.8. The van der Waals surface area contributed by atoms with Crippen molar-refractivity contribution in [3.8, 4) is 5.75 Å². The van der Waals surface area contributed by atoms with Gasteiger partial charge in [0.2, 0.25) is 0 Å². The van der Waals surface area contributed by atoms with E-state index in [0.717, 1.165) is 30.4 Å². The average Bonchev–Trinajstić information content (AvgIpc) is 3.39. The lowest BCUT2D eigenvalue weighted by Gasteiger charge is -2.31. The summed E-state index contributed by atoms with van der Waals surface area (Å²) in [5, 5.41) is 16.8. The van der Waals surface area contributed by atoms with Crippen LogP contribution in [0, 0.1) is 5.82 Å². The van der Waals surface area contributed by atoms with Gasteiger partial charge in [0.15, 0.2) is 23.8 Å². The number of carbonyl (C=O) groups excluding carboxylic acids is 1. The SMILES string of the molecule is O=C(NCC(O)CN1CCc2c(ccc(OCc3cnco3)c2Cl)C1)c1ccnc(NC2CCC2)c1F. The number of aliphatic hydroxyl groups is 1. The second-order valence-corrected chi connectivity index (χ2v) is 9.79. The number of anilines is 1. The third-order valence-electron chi connectivity index (χ3n) is 6.78. The number of hydrogen-bond donors (Lipinski definition) is 3. The maximum Gasteiger partial charge on any atom is 0.254 e. The Labute approximate surface area is 219 Å². The van der Waals surface area contributed by atoms with Crippen LogP contribution in [0.4, 0.5) is 10.2 Å². The first-order valence-electron chi connectivity index (χ1n) is 12.4. The number of carbonyl (C=O) groups is 1. The maximum absolute atomic E-state index is 14.8. The topological polar surface area (TPSA) is 113 Å². The Morgan fingerprint density at radius 3 is 2.97 bits per heavy atom. The Bertz CT molecular complexity index is 1240. The number of aromatic nitrogens is 2. The summed E-state index contributed by atoms with van der Waals surface area (Å²) < 4.78 is 25.7. The molecule has 0 radical (unpaired) electrons. The fraction of sp³-hybridized carbons (Fsp3) is 0.423. The zero-order valence-corrected chi connectivity index (χ0v) is 21.0. The van der Waals surface area contributed by atoms with Gasteiger partial charge in [0.05, 0.1) is 22.9 Å². The molecule has 1 aliphatic heterocycles. The van der Waals surface area contributed by atoms with Gasteiger partial charge in [0.25, 0.3) is 5.91 Å². The van der Waals surface area contributed by atoms with Crippen LogP contribution in [0.5, 0.6) is 5.75 Å². The van der Waals surface area contributed by atoms with Crippen LogP contribution in [0.1, 0.15) is 46.5 Å². The molecule has 11 heteroatoms. The van der Waals surface area contributed by atoms with Gasteiger partial charge < -0.3 is 24.9 Å². The van der Waals surface area contributed by atoms with E-state index in [2.05, 4.69) is 25.5 Å². The summed E-state index contributed by atoms with van der Waals surface area (Å²) in [7, 11) is 0. The zero-order valence-electron chi connectivity index (χ0n) is 20.3. The Morgan fingerprint density at radius 1 is 1.35 bits per heavy atom. The van der Waals surface area contributed by atoms with E-state index in [1.807, 2.05) is 12.1 Å². The molecule has 3 N–H and O–H groups in total. The van der Waals surface area contributed by atoms with Crippen molar-refractivity contribution in [2.45, 2.75) is 51.0 Å². The van der Waals surface area contributed by atoms with Crippen molar-refractivity contribution in [2.75, 3.05) is 25.0 Å². The largest absolute Gasteiger partial charge is 0.484 e. The molecule has 0 spiro atoms. The van der Waals surface area contributed by atoms with Gasteiger partial charge >= 0.3 is 0 Å². The Morgan fingerprint density at radius 2 is 2.22 bits per heavy atom. The number of benzene rings is 1. The number of oxazole rings is 1. The average molecular weight is 530 g/mol. The lowest BCUT2D eigenvalue weighted by Crippen LogP contribution is -2.42. The van der Waals surface area contributed by atoms with Gasteiger partial charge in [-0.1, -0.05) is 17.7 Å². The van der Waals surface area contributed by atoms with E-state index >= 15 is 0 Å². The van der Waals surface area contributed by atoms with E-state index in [-0.39, 0.29) is 30.6 Å². The highest BCUT2D eigenvalue weighted by atomic mass is 35.5. The predicted molar refractivity (Wildman–Crippen MR) is 135 cm³/mol. The molecule has 3 aromatic rings. The van der Waals surface area contributed by atoms with Gasteiger partial charge in [-0.25, -0.2) is 14.4 Å². The summed E-state index contributed by atoms with van der Waals surface area (Å²) in [4.78, 5) is 22.6. The molecule has 196 valence electrons. The van der Waals surface area contributed by atoms with Crippen LogP contribution in [0.3, 0.4) is 0 Å². The number of ether oxygens (including phenoxy) is 1. The molecule has 2 aromatic heterocycles. The first kappa shape index (κ1) is 25.4. The summed E-state index contributed by atoms with van der Waals surface area (Å²) in [6.45, 7) is 1.90. The zero-order chi connectivity index (χ0) is 25.8. The van der Waals surface area contributed by atoms with Crippen LogP contribution in [0.25, 0.3) is 0 Å². The van der Waals surface area contributed by atoms with Crippen molar-refractivity contribution in [3.63, 3.8) is 0 Å². The lowest BCUT2D eigenvalue weighted by atomic mass is 9.93. The van der Waals surface area contributed by atoms with E-state index in [1.54, 1.807) is 6.20 Å². The molecule has 2 aliphatic rings. The van der Waals surface area contributed by atoms with Gasteiger partial charge in [-0.15, -0.1) is 0 Å². The van der Waals surface area contributed by atoms with Gasteiger partial charge in [-0.3, -0.25) is 9.69 Å². The highest BCUT2D eigenvalue weighted by molar-refractivity contribution is 6.33. The number of amides is 1. The van der Waals surface area contributed by atoms with Gasteiger partial charge in [0, 0.05) is 38.4 Å². The van der Waals surface area contributed by atoms with E-state index in [1.165, 1.54) is 18.7 Å². The number of aliphatic hydroxyl groups excluding tert-OH is 1. The third kappa shape index (κ3) is 6.03. The van der Waals surface area contributed by atoms with Crippen LogP contribution >= 0.6 is 11.6 Å². The fourth-order valence-electron chi connectivity index (χ4n) is 4.51. The molecule has 1 unspecified atom stereocenters. The van der Waals surface area contributed by atoms with Gasteiger partial charge in [-0.2, -0.15) is 0 Å². The molecule has 3 heterocycles. The minimum atomic E-state index is -0.817. The Balaban J connectivity index is 1.12. The van der Waals surface area contributed by atoms with Gasteiger partial charge in [0.1, 0.15) is 12.4 Å². The molecule has 0 saturated heterocycles. The smallest absolute Gasteiger partial charge is 0.254 e. The molecule has 0 bridgehead atoms. The number of β-amino-alcohol motifs (C(OH)–C–C–N with tert-alkyl or cyclic N) is 1. The quantitative estimate of drug-likeness (QED) is 0.365. The number of halogens is 2. The second kappa shape index (κ2) is 11.5. The summed E-state index contributed by atoms with van der Waals surface area (Å²) in [6.07, 6.45) is 7.28. The molecule has 1 saturated carbocycles. The summed E-state index contributed by atoms with van der Waals surface area (Å²) in [5.74, 6) is 0.0373. The van der Waals surface area contributed by atoms with Crippen LogP contribution in [-0.2, 0) is 19.6 Å². The molecule has 37 heavy (non-hydrogen) atoms. The Hall–Kier alpha value is -3.21. The first-order chi connectivity index (χ1) is 18.0. The highest BCUT2D eigenvalue weighted by Gasteiger charge is 2.24. The number of nitrogens with one attached hydrogen (secondary N) is 2. The Kier molecular flexibility index (Phi) is 7.87. The number of hydrogen-bond acceptors (Lipinski definition) is 8. The number of pyridine rings is 1.